The van der Waals surface area contributed by atoms with Gasteiger partial charge in [-0.3, -0.25) is 14.5 Å². The first-order chi connectivity index (χ1) is 18.7. The van der Waals surface area contributed by atoms with Crippen molar-refractivity contribution in [1.82, 2.24) is 0 Å². The number of aliphatic hydroxyl groups excluding tert-OH is 1. The van der Waals surface area contributed by atoms with Crippen LogP contribution in [-0.4, -0.2) is 41.7 Å². The summed E-state index contributed by atoms with van der Waals surface area (Å²) in [5.74, 6) is -0.354. The Labute approximate surface area is 228 Å². The largest absolute Gasteiger partial charge is 0.507 e. The number of Topliss-reactive ketones (excluding diaryl/α,β-unsaturated/α-hetero) is 1. The summed E-state index contributed by atoms with van der Waals surface area (Å²) in [6, 6.07) is 17.2. The summed E-state index contributed by atoms with van der Waals surface area (Å²) in [5, 5.41) is 21.8. The molecule has 3 aromatic rings. The Kier molecular flexibility index (Phi) is 8.44. The molecule has 0 aliphatic carbocycles. The second kappa shape index (κ2) is 11.9. The number of ether oxygens (including phenoxy) is 3. The topological polar surface area (TPSA) is 106 Å². The number of carbonyl (C=O) groups excluding carboxylic acids is 2. The zero-order valence-corrected chi connectivity index (χ0v) is 22.5. The maximum atomic E-state index is 13.5. The molecule has 8 heteroatoms. The van der Waals surface area contributed by atoms with Crippen LogP contribution in [-0.2, 0) is 9.59 Å². The number of benzene rings is 3. The van der Waals surface area contributed by atoms with Crippen molar-refractivity contribution in [1.29, 1.82) is 0 Å². The number of carbonyl (C=O) groups is 2. The molecule has 2 N–H and O–H groups in total. The lowest BCUT2D eigenvalue weighted by atomic mass is 9.94. The third kappa shape index (κ3) is 5.85. The Bertz CT molecular complexity index is 1380. The van der Waals surface area contributed by atoms with Crippen LogP contribution in [0.15, 0.2) is 72.3 Å². The highest BCUT2D eigenvalue weighted by Crippen LogP contribution is 2.44. The van der Waals surface area contributed by atoms with E-state index in [1.165, 1.54) is 11.0 Å². The first-order valence-corrected chi connectivity index (χ1v) is 13.0. The van der Waals surface area contributed by atoms with Gasteiger partial charge in [-0.1, -0.05) is 32.0 Å². The molecule has 4 rings (SSSR count). The van der Waals surface area contributed by atoms with Crippen molar-refractivity contribution in [3.63, 3.8) is 0 Å². The lowest BCUT2D eigenvalue weighted by Gasteiger charge is -2.26. The second-order valence-electron chi connectivity index (χ2n) is 9.49. The number of phenols is 1. The van der Waals surface area contributed by atoms with Crippen LogP contribution in [0.3, 0.4) is 0 Å². The molecule has 1 saturated heterocycles. The predicted molar refractivity (Wildman–Crippen MR) is 148 cm³/mol. The zero-order valence-electron chi connectivity index (χ0n) is 22.5. The first-order valence-electron chi connectivity index (χ1n) is 13.0. The van der Waals surface area contributed by atoms with E-state index in [1.54, 1.807) is 67.6 Å². The lowest BCUT2D eigenvalue weighted by molar-refractivity contribution is -0.132. The average Bonchev–Trinajstić information content (AvgIpc) is 3.19. The van der Waals surface area contributed by atoms with E-state index in [0.29, 0.717) is 54.1 Å². The standard InChI is InChI=1S/C31H33NO7/c1-5-37-23-13-11-22(12-14-23)32-28(20-10-15-25(33)26(17-20)38-6-2)27(30(35)31(32)36)29(34)21-8-7-9-24(16-21)39-18-19(3)4/h7-17,19,28,33-34H,5-6,18H2,1-4H3/b29-27-. The molecule has 0 saturated carbocycles. The van der Waals surface area contributed by atoms with E-state index in [4.69, 9.17) is 14.2 Å². The van der Waals surface area contributed by atoms with E-state index in [9.17, 15) is 19.8 Å². The Morgan fingerprint density at radius 2 is 1.62 bits per heavy atom. The highest BCUT2D eigenvalue weighted by molar-refractivity contribution is 6.51. The molecule has 1 fully saturated rings. The quantitative estimate of drug-likeness (QED) is 0.192. The van der Waals surface area contributed by atoms with Crippen molar-refractivity contribution < 1.29 is 34.0 Å². The minimum absolute atomic E-state index is 0.0754. The van der Waals surface area contributed by atoms with Gasteiger partial charge in [0.15, 0.2) is 11.5 Å². The zero-order chi connectivity index (χ0) is 28.1. The van der Waals surface area contributed by atoms with Crippen molar-refractivity contribution in [3.05, 3.63) is 83.4 Å². The molecule has 39 heavy (non-hydrogen) atoms. The molecule has 8 nitrogen and oxygen atoms in total. The van der Waals surface area contributed by atoms with Gasteiger partial charge in [-0.05, 0) is 73.9 Å². The average molecular weight is 532 g/mol. The normalized spacial score (nSPS) is 16.5. The summed E-state index contributed by atoms with van der Waals surface area (Å²) in [6.07, 6.45) is 0. The summed E-state index contributed by atoms with van der Waals surface area (Å²) in [5.41, 5.74) is 1.19. The summed E-state index contributed by atoms with van der Waals surface area (Å²) in [4.78, 5) is 28.3. The van der Waals surface area contributed by atoms with Crippen LogP contribution in [0.25, 0.3) is 5.76 Å². The number of aromatic hydroxyl groups is 1. The number of rotatable bonds is 10. The predicted octanol–water partition coefficient (Wildman–Crippen LogP) is 5.85. The lowest BCUT2D eigenvalue weighted by Crippen LogP contribution is -2.29. The Balaban J connectivity index is 1.87. The smallest absolute Gasteiger partial charge is 0.300 e. The molecule has 1 heterocycles. The number of hydrogen-bond acceptors (Lipinski definition) is 7. The van der Waals surface area contributed by atoms with Crippen molar-refractivity contribution >= 4 is 23.1 Å². The number of aliphatic hydroxyl groups is 1. The van der Waals surface area contributed by atoms with Gasteiger partial charge in [0.25, 0.3) is 11.7 Å². The number of anilines is 1. The molecule has 1 aliphatic rings. The van der Waals surface area contributed by atoms with E-state index in [-0.39, 0.29) is 22.8 Å². The van der Waals surface area contributed by atoms with Crippen LogP contribution in [0.4, 0.5) is 5.69 Å². The minimum atomic E-state index is -0.983. The maximum Gasteiger partial charge on any atom is 0.300 e. The fourth-order valence-corrected chi connectivity index (χ4v) is 4.41. The van der Waals surface area contributed by atoms with Crippen LogP contribution in [0.5, 0.6) is 23.0 Å². The van der Waals surface area contributed by atoms with Crippen LogP contribution in [0.2, 0.25) is 0 Å². The number of phenolic OH excluding ortho intramolecular Hbond substituents is 1. The fourth-order valence-electron chi connectivity index (χ4n) is 4.41. The maximum absolute atomic E-state index is 13.5. The summed E-state index contributed by atoms with van der Waals surface area (Å²) in [6.45, 7) is 8.99. The van der Waals surface area contributed by atoms with Gasteiger partial charge < -0.3 is 24.4 Å². The Morgan fingerprint density at radius 1 is 0.897 bits per heavy atom. The van der Waals surface area contributed by atoms with E-state index >= 15 is 0 Å². The summed E-state index contributed by atoms with van der Waals surface area (Å²) >= 11 is 0. The van der Waals surface area contributed by atoms with Gasteiger partial charge in [0.2, 0.25) is 0 Å². The van der Waals surface area contributed by atoms with Crippen LogP contribution < -0.4 is 19.1 Å². The molecular formula is C31H33NO7. The highest BCUT2D eigenvalue weighted by Gasteiger charge is 2.47. The number of hydrogen-bond donors (Lipinski definition) is 2. The van der Waals surface area contributed by atoms with Gasteiger partial charge in [-0.2, -0.15) is 0 Å². The number of ketones is 1. The van der Waals surface area contributed by atoms with Gasteiger partial charge in [0, 0.05) is 11.3 Å². The molecule has 1 aliphatic heterocycles. The molecule has 3 aromatic carbocycles. The van der Waals surface area contributed by atoms with Gasteiger partial charge in [-0.25, -0.2) is 0 Å². The van der Waals surface area contributed by atoms with Crippen molar-refractivity contribution in [2.24, 2.45) is 5.92 Å². The van der Waals surface area contributed by atoms with Crippen LogP contribution >= 0.6 is 0 Å². The minimum Gasteiger partial charge on any atom is -0.507 e. The van der Waals surface area contributed by atoms with Crippen LogP contribution in [0, 0.1) is 5.92 Å². The van der Waals surface area contributed by atoms with Crippen molar-refractivity contribution in [2.45, 2.75) is 33.7 Å². The summed E-state index contributed by atoms with van der Waals surface area (Å²) < 4.78 is 16.9. The molecule has 1 unspecified atom stereocenters. The molecule has 1 amide bonds. The monoisotopic (exact) mass is 531 g/mol. The Hall–Kier alpha value is -4.46. The second-order valence-corrected chi connectivity index (χ2v) is 9.49. The highest BCUT2D eigenvalue weighted by atomic mass is 16.5. The molecule has 0 spiro atoms. The van der Waals surface area contributed by atoms with Crippen molar-refractivity contribution in [2.75, 3.05) is 24.7 Å². The van der Waals surface area contributed by atoms with E-state index < -0.39 is 17.7 Å². The molecular weight excluding hydrogens is 498 g/mol. The van der Waals surface area contributed by atoms with Gasteiger partial charge in [0.05, 0.1) is 31.4 Å². The first kappa shape index (κ1) is 27.6. The molecule has 0 radical (unpaired) electrons. The van der Waals surface area contributed by atoms with E-state index in [0.717, 1.165) is 0 Å². The van der Waals surface area contributed by atoms with Gasteiger partial charge >= 0.3 is 0 Å². The van der Waals surface area contributed by atoms with E-state index in [1.807, 2.05) is 20.8 Å². The SMILES string of the molecule is CCOc1ccc(N2C(=O)C(=O)/C(=C(\O)c3cccc(OCC(C)C)c3)C2c2ccc(O)c(OCC)c2)cc1. The van der Waals surface area contributed by atoms with Crippen LogP contribution in [0.1, 0.15) is 44.9 Å². The van der Waals surface area contributed by atoms with Crippen molar-refractivity contribution in [3.8, 4) is 23.0 Å². The molecule has 0 bridgehead atoms. The van der Waals surface area contributed by atoms with Gasteiger partial charge in [0.1, 0.15) is 17.3 Å². The molecule has 1 atom stereocenters. The molecule has 0 aromatic heterocycles. The number of nitrogens with zero attached hydrogens (tertiary/aromatic N) is 1. The van der Waals surface area contributed by atoms with E-state index in [2.05, 4.69) is 0 Å². The third-order valence-electron chi connectivity index (χ3n) is 6.16. The Morgan fingerprint density at radius 3 is 2.28 bits per heavy atom. The third-order valence-corrected chi connectivity index (χ3v) is 6.16. The molecule has 204 valence electrons. The fraction of sp³-hybridized carbons (Fsp3) is 0.290. The number of amides is 1. The van der Waals surface area contributed by atoms with Gasteiger partial charge in [-0.15, -0.1) is 0 Å². The summed E-state index contributed by atoms with van der Waals surface area (Å²) in [7, 11) is 0.